The van der Waals surface area contributed by atoms with Crippen molar-refractivity contribution in [3.63, 3.8) is 0 Å². The minimum atomic E-state index is 0.656. The second kappa shape index (κ2) is 18.1. The third-order valence-electron chi connectivity index (χ3n) is 8.27. The van der Waals surface area contributed by atoms with Crippen LogP contribution in [0.4, 0.5) is 0 Å². The first kappa shape index (κ1) is 33.9. The molecule has 6 rings (SSSR count). The first-order chi connectivity index (χ1) is 21.6. The predicted molar refractivity (Wildman–Crippen MR) is 190 cm³/mol. The van der Waals surface area contributed by atoms with Gasteiger partial charge in [0.05, 0.1) is 0 Å². The molecule has 1 aliphatic carbocycles. The smallest absolute Gasteiger partial charge is 0.0771 e. The molecule has 0 heterocycles. The molecule has 0 radical (unpaired) electrons. The van der Waals surface area contributed by atoms with Gasteiger partial charge in [-0.2, -0.15) is 11.1 Å². The summed E-state index contributed by atoms with van der Waals surface area (Å²) >= 11 is 1.46. The summed E-state index contributed by atoms with van der Waals surface area (Å²) in [7, 11) is 0. The molecule has 0 aliphatic heterocycles. The Hall–Kier alpha value is -3.02. The van der Waals surface area contributed by atoms with Gasteiger partial charge >= 0.3 is 99.2 Å². The van der Waals surface area contributed by atoms with E-state index in [4.69, 9.17) is 0 Å². The molecule has 0 saturated heterocycles. The van der Waals surface area contributed by atoms with Gasteiger partial charge in [0.1, 0.15) is 0 Å². The fourth-order valence-electron chi connectivity index (χ4n) is 6.23. The van der Waals surface area contributed by atoms with E-state index in [2.05, 4.69) is 149 Å². The average Bonchev–Trinajstić information content (AvgIpc) is 3.60. The third kappa shape index (κ3) is 9.02. The second-order valence-electron chi connectivity index (χ2n) is 11.6. The van der Waals surface area contributed by atoms with Crippen LogP contribution in [0.2, 0.25) is 0 Å². The Morgan fingerprint density at radius 3 is 1.55 bits per heavy atom. The van der Waals surface area contributed by atoms with E-state index in [1.165, 1.54) is 111 Å². The first-order valence-corrected chi connectivity index (χ1v) is 17.9. The van der Waals surface area contributed by atoms with Gasteiger partial charge in [-0.3, -0.25) is 6.08 Å². The van der Waals surface area contributed by atoms with Crippen LogP contribution >= 0.6 is 0 Å². The SMILES string of the molecule is CCCC1=[C-]C(CCC)C(CCC)=C1CCC.[Zr+2]=[C](c1ccccc1)c1ccccc1.c1ccc2c(c1)[cH-]c1ccccc12. The Labute approximate surface area is 281 Å². The third-order valence-corrected chi connectivity index (χ3v) is 9.68. The number of benzene rings is 4. The number of hydrogen-bond donors (Lipinski definition) is 0. The van der Waals surface area contributed by atoms with Crippen molar-refractivity contribution < 1.29 is 24.2 Å². The van der Waals surface area contributed by atoms with Gasteiger partial charge in [0.25, 0.3) is 0 Å². The molecule has 0 bridgehead atoms. The zero-order chi connectivity index (χ0) is 31.1. The van der Waals surface area contributed by atoms with E-state index in [0.717, 1.165) is 0 Å². The molecular weight excluding hydrogens is 608 g/mol. The maximum Gasteiger partial charge on any atom is -0.0771 e. The second-order valence-corrected chi connectivity index (χ2v) is 12.9. The molecule has 0 saturated carbocycles. The van der Waals surface area contributed by atoms with Crippen molar-refractivity contribution in [3.8, 4) is 0 Å². The zero-order valence-corrected chi connectivity index (χ0v) is 29.7. The van der Waals surface area contributed by atoms with E-state index >= 15 is 0 Å². The Balaban J connectivity index is 0.000000152. The van der Waals surface area contributed by atoms with Gasteiger partial charge < -0.3 is 0 Å². The van der Waals surface area contributed by atoms with Crippen LogP contribution in [0.5, 0.6) is 0 Å². The molecule has 224 valence electrons. The topological polar surface area (TPSA) is 0 Å². The van der Waals surface area contributed by atoms with Gasteiger partial charge in [0, 0.05) is 0 Å². The van der Waals surface area contributed by atoms with Gasteiger partial charge in [-0.25, -0.2) is 5.57 Å². The Bertz CT molecular complexity index is 1560. The van der Waals surface area contributed by atoms with Crippen LogP contribution in [0.15, 0.2) is 132 Å². The van der Waals surface area contributed by atoms with Crippen LogP contribution in [0, 0.1) is 12.0 Å². The van der Waals surface area contributed by atoms with Crippen molar-refractivity contribution in [2.75, 3.05) is 0 Å². The number of allylic oxidation sites excluding steroid dienone is 4. The van der Waals surface area contributed by atoms with Crippen molar-refractivity contribution in [3.05, 3.63) is 149 Å². The minimum Gasteiger partial charge on any atom is -0.126 e. The van der Waals surface area contributed by atoms with E-state index in [0.29, 0.717) is 5.92 Å². The van der Waals surface area contributed by atoms with Gasteiger partial charge in [0.15, 0.2) is 0 Å². The summed E-state index contributed by atoms with van der Waals surface area (Å²) in [6.07, 6.45) is 14.0. The molecule has 1 heteroatoms. The molecule has 0 fully saturated rings. The molecule has 0 amide bonds. The molecule has 5 aromatic rings. The predicted octanol–water partition coefficient (Wildman–Crippen LogP) is 12.4. The van der Waals surface area contributed by atoms with Crippen molar-refractivity contribution in [1.82, 2.24) is 0 Å². The summed E-state index contributed by atoms with van der Waals surface area (Å²) < 4.78 is 1.42. The first-order valence-electron chi connectivity index (χ1n) is 16.7. The molecule has 0 N–H and O–H groups in total. The summed E-state index contributed by atoms with van der Waals surface area (Å²) in [6.45, 7) is 9.18. The monoisotopic (exact) mass is 654 g/mol. The van der Waals surface area contributed by atoms with Crippen LogP contribution in [0.25, 0.3) is 21.5 Å². The van der Waals surface area contributed by atoms with E-state index < -0.39 is 0 Å². The Morgan fingerprint density at radius 2 is 1.07 bits per heavy atom. The molecule has 5 aromatic carbocycles. The van der Waals surface area contributed by atoms with Crippen LogP contribution in [0.3, 0.4) is 0 Å². The van der Waals surface area contributed by atoms with Gasteiger partial charge in [-0.05, 0) is 6.42 Å². The van der Waals surface area contributed by atoms with E-state index in [1.807, 2.05) is 0 Å². The molecule has 0 aromatic heterocycles. The summed E-state index contributed by atoms with van der Waals surface area (Å²) in [6, 6.07) is 40.4. The molecule has 1 unspecified atom stereocenters. The zero-order valence-electron chi connectivity index (χ0n) is 27.2. The molecule has 44 heavy (non-hydrogen) atoms. The van der Waals surface area contributed by atoms with Gasteiger partial charge in [-0.15, -0.1) is 39.7 Å². The largest absolute Gasteiger partial charge is 0.126 e. The maximum atomic E-state index is 3.81. The van der Waals surface area contributed by atoms with Crippen LogP contribution < -0.4 is 0 Å². The standard InChI is InChI=1S/C17H29.C13H9.C13H10.Zr/c1-5-9-14-13-15(10-6-2)17(12-8-4)16(14)11-7-3;1-3-7-12-10(5-1)9-11-6-2-4-8-13(11)12;1-3-7-12(8-4-1)11-13-9-5-2-6-10-13;/h14H,5-12H2,1-4H3;1-9H;1-10H;/q2*-1;;+2. The number of rotatable bonds is 10. The van der Waals surface area contributed by atoms with Gasteiger partial charge in [0.2, 0.25) is 0 Å². The molecule has 1 aliphatic rings. The number of hydrogen-bond acceptors (Lipinski definition) is 0. The maximum absolute atomic E-state index is 3.81. The van der Waals surface area contributed by atoms with Crippen molar-refractivity contribution in [1.29, 1.82) is 0 Å². The van der Waals surface area contributed by atoms with Crippen LogP contribution in [-0.4, -0.2) is 3.21 Å². The average molecular weight is 656 g/mol. The fourth-order valence-corrected chi connectivity index (χ4v) is 7.05. The molecular formula is C43H48Zr. The van der Waals surface area contributed by atoms with Crippen molar-refractivity contribution in [2.24, 2.45) is 5.92 Å². The Morgan fingerprint density at radius 1 is 0.591 bits per heavy atom. The summed E-state index contributed by atoms with van der Waals surface area (Å²) in [5.74, 6) is 0.656. The van der Waals surface area contributed by atoms with Gasteiger partial charge in [-0.1, -0.05) is 115 Å². The molecule has 0 nitrogen and oxygen atoms in total. The Kier molecular flexibility index (Phi) is 13.9. The van der Waals surface area contributed by atoms with E-state index in [9.17, 15) is 0 Å². The van der Waals surface area contributed by atoms with Crippen molar-refractivity contribution in [2.45, 2.75) is 79.1 Å². The fraction of sp³-hybridized carbons (Fsp3) is 0.302. The van der Waals surface area contributed by atoms with Crippen LogP contribution in [0.1, 0.15) is 90.2 Å². The summed E-state index contributed by atoms with van der Waals surface area (Å²) in [5, 5.41) is 5.39. The quantitative estimate of drug-likeness (QED) is 0.131. The molecule has 1 atom stereocenters. The molecule has 0 spiro atoms. The minimum absolute atomic E-state index is 0.656. The van der Waals surface area contributed by atoms with E-state index in [1.54, 1.807) is 16.7 Å². The normalized spacial score (nSPS) is 14.1. The van der Waals surface area contributed by atoms with Crippen molar-refractivity contribution >= 4 is 24.8 Å². The van der Waals surface area contributed by atoms with Crippen LogP contribution in [-0.2, 0) is 24.2 Å². The number of fused-ring (bicyclic) bond motifs is 3. The summed E-state index contributed by atoms with van der Waals surface area (Å²) in [5.41, 5.74) is 7.65. The summed E-state index contributed by atoms with van der Waals surface area (Å²) in [4.78, 5) is 0. The van der Waals surface area contributed by atoms with E-state index in [-0.39, 0.29) is 0 Å².